The van der Waals surface area contributed by atoms with Gasteiger partial charge in [0, 0.05) is 25.5 Å². The number of carbonyl (C=O) groups is 1. The number of amides is 1. The van der Waals surface area contributed by atoms with Crippen LogP contribution in [0.1, 0.15) is 5.56 Å². The second kappa shape index (κ2) is 6.55. The monoisotopic (exact) mass is 238 g/mol. The van der Waals surface area contributed by atoms with Crippen molar-refractivity contribution >= 4 is 17.7 Å². The molecular formula is C12H18N2OS. The van der Waals surface area contributed by atoms with Gasteiger partial charge in [-0.1, -0.05) is 12.1 Å². The minimum atomic E-state index is 0.143. The lowest BCUT2D eigenvalue weighted by Gasteiger charge is -2.09. The van der Waals surface area contributed by atoms with Crippen LogP contribution in [0.15, 0.2) is 29.2 Å². The molecule has 16 heavy (non-hydrogen) atoms. The molecule has 0 radical (unpaired) electrons. The van der Waals surface area contributed by atoms with Crippen LogP contribution in [-0.2, 0) is 11.3 Å². The molecule has 1 aromatic rings. The molecule has 0 saturated carbocycles. The van der Waals surface area contributed by atoms with Gasteiger partial charge >= 0.3 is 0 Å². The van der Waals surface area contributed by atoms with Gasteiger partial charge in [0.25, 0.3) is 0 Å². The van der Waals surface area contributed by atoms with Crippen molar-refractivity contribution in [2.24, 2.45) is 0 Å². The molecule has 1 amide bonds. The molecule has 1 rings (SSSR count). The molecule has 0 unspecified atom stereocenters. The van der Waals surface area contributed by atoms with Crippen LogP contribution >= 0.6 is 11.8 Å². The molecule has 0 aliphatic rings. The second-order valence-electron chi connectivity index (χ2n) is 3.75. The Bertz CT molecular complexity index is 335. The lowest BCUT2D eigenvalue weighted by Crippen LogP contribution is -2.23. The third kappa shape index (κ3) is 4.24. The van der Waals surface area contributed by atoms with Crippen molar-refractivity contribution in [1.29, 1.82) is 0 Å². The topological polar surface area (TPSA) is 32.3 Å². The van der Waals surface area contributed by atoms with Crippen molar-refractivity contribution in [3.63, 3.8) is 0 Å². The van der Waals surface area contributed by atoms with E-state index in [1.807, 2.05) is 7.05 Å². The zero-order valence-corrected chi connectivity index (χ0v) is 10.8. The Hall–Kier alpha value is -1.00. The van der Waals surface area contributed by atoms with E-state index in [1.165, 1.54) is 5.56 Å². The quantitative estimate of drug-likeness (QED) is 0.791. The van der Waals surface area contributed by atoms with Gasteiger partial charge in [0.05, 0.1) is 5.75 Å². The number of carbonyl (C=O) groups excluding carboxylic acids is 1. The molecule has 3 nitrogen and oxygen atoms in total. The van der Waals surface area contributed by atoms with E-state index in [0.717, 1.165) is 11.4 Å². The van der Waals surface area contributed by atoms with Gasteiger partial charge in [-0.05, 0) is 24.7 Å². The average molecular weight is 238 g/mol. The first-order valence-electron chi connectivity index (χ1n) is 5.20. The van der Waals surface area contributed by atoms with Gasteiger partial charge in [0.1, 0.15) is 0 Å². The molecule has 0 saturated heterocycles. The summed E-state index contributed by atoms with van der Waals surface area (Å²) in [4.78, 5) is 14.1. The molecule has 4 heteroatoms. The Kier molecular flexibility index (Phi) is 5.35. The van der Waals surface area contributed by atoms with Crippen LogP contribution < -0.4 is 5.32 Å². The second-order valence-corrected chi connectivity index (χ2v) is 4.80. The number of hydrogen-bond donors (Lipinski definition) is 1. The summed E-state index contributed by atoms with van der Waals surface area (Å²) in [6.07, 6.45) is 0. The largest absolute Gasteiger partial charge is 0.348 e. The van der Waals surface area contributed by atoms with Crippen molar-refractivity contribution < 1.29 is 4.79 Å². The summed E-state index contributed by atoms with van der Waals surface area (Å²) in [5.74, 6) is 0.641. The molecular weight excluding hydrogens is 220 g/mol. The third-order valence-electron chi connectivity index (χ3n) is 2.17. The maximum atomic E-state index is 11.4. The summed E-state index contributed by atoms with van der Waals surface area (Å²) >= 11 is 1.57. The average Bonchev–Trinajstić information content (AvgIpc) is 2.28. The first kappa shape index (κ1) is 13.1. The van der Waals surface area contributed by atoms with Crippen LogP contribution in [0.25, 0.3) is 0 Å². The van der Waals surface area contributed by atoms with Crippen molar-refractivity contribution in [3.8, 4) is 0 Å². The SMILES string of the molecule is CNCc1ccc(SCC(=O)N(C)C)cc1. The van der Waals surface area contributed by atoms with Crippen molar-refractivity contribution in [1.82, 2.24) is 10.2 Å². The summed E-state index contributed by atoms with van der Waals surface area (Å²) in [5.41, 5.74) is 1.26. The van der Waals surface area contributed by atoms with Crippen LogP contribution in [0.5, 0.6) is 0 Å². The van der Waals surface area contributed by atoms with Crippen LogP contribution in [-0.4, -0.2) is 37.7 Å². The molecule has 0 atom stereocenters. The molecule has 0 heterocycles. The van der Waals surface area contributed by atoms with Gasteiger partial charge in [0.15, 0.2) is 0 Å². The van der Waals surface area contributed by atoms with Crippen LogP contribution in [0, 0.1) is 0 Å². The normalized spacial score (nSPS) is 10.2. The summed E-state index contributed by atoms with van der Waals surface area (Å²) in [7, 11) is 5.48. The molecule has 0 spiro atoms. The first-order chi connectivity index (χ1) is 7.63. The Morgan fingerprint density at radius 3 is 2.44 bits per heavy atom. The van der Waals surface area contributed by atoms with E-state index in [-0.39, 0.29) is 5.91 Å². The summed E-state index contributed by atoms with van der Waals surface area (Å²) in [5, 5.41) is 3.10. The minimum Gasteiger partial charge on any atom is -0.348 e. The predicted molar refractivity (Wildman–Crippen MR) is 68.6 cm³/mol. The summed E-state index contributed by atoms with van der Waals surface area (Å²) in [6, 6.07) is 8.28. The van der Waals surface area contributed by atoms with E-state index < -0.39 is 0 Å². The zero-order chi connectivity index (χ0) is 12.0. The number of hydrogen-bond acceptors (Lipinski definition) is 3. The number of benzene rings is 1. The van der Waals surface area contributed by atoms with Crippen molar-refractivity contribution in [2.75, 3.05) is 26.9 Å². The van der Waals surface area contributed by atoms with Crippen LogP contribution in [0.3, 0.4) is 0 Å². The van der Waals surface area contributed by atoms with Crippen molar-refractivity contribution in [2.45, 2.75) is 11.4 Å². The maximum absolute atomic E-state index is 11.4. The lowest BCUT2D eigenvalue weighted by atomic mass is 10.2. The molecule has 0 aliphatic heterocycles. The Morgan fingerprint density at radius 1 is 1.31 bits per heavy atom. The minimum absolute atomic E-state index is 0.143. The van der Waals surface area contributed by atoms with E-state index >= 15 is 0 Å². The molecule has 1 aromatic carbocycles. The van der Waals surface area contributed by atoms with Crippen molar-refractivity contribution in [3.05, 3.63) is 29.8 Å². The highest BCUT2D eigenvalue weighted by Gasteiger charge is 2.04. The summed E-state index contributed by atoms with van der Waals surface area (Å²) in [6.45, 7) is 0.877. The highest BCUT2D eigenvalue weighted by atomic mass is 32.2. The van der Waals surface area contributed by atoms with E-state index in [0.29, 0.717) is 5.75 Å². The predicted octanol–water partition coefficient (Wildman–Crippen LogP) is 1.59. The standard InChI is InChI=1S/C12H18N2OS/c1-13-8-10-4-6-11(7-5-10)16-9-12(15)14(2)3/h4-7,13H,8-9H2,1-3H3. The Morgan fingerprint density at radius 2 is 1.94 bits per heavy atom. The van der Waals surface area contributed by atoms with Crippen LogP contribution in [0.2, 0.25) is 0 Å². The molecule has 0 fully saturated rings. The number of nitrogens with zero attached hydrogens (tertiary/aromatic N) is 1. The highest BCUT2D eigenvalue weighted by Crippen LogP contribution is 2.18. The molecule has 88 valence electrons. The first-order valence-corrected chi connectivity index (χ1v) is 6.18. The summed E-state index contributed by atoms with van der Waals surface area (Å²) < 4.78 is 0. The smallest absolute Gasteiger partial charge is 0.232 e. The fourth-order valence-electron chi connectivity index (χ4n) is 1.18. The van der Waals surface area contributed by atoms with Gasteiger partial charge in [-0.15, -0.1) is 11.8 Å². The fraction of sp³-hybridized carbons (Fsp3) is 0.417. The maximum Gasteiger partial charge on any atom is 0.232 e. The highest BCUT2D eigenvalue weighted by molar-refractivity contribution is 8.00. The van der Waals surface area contributed by atoms with Crippen LogP contribution in [0.4, 0.5) is 0 Å². The Balaban J connectivity index is 2.46. The zero-order valence-electron chi connectivity index (χ0n) is 9.99. The van der Waals surface area contributed by atoms with E-state index in [9.17, 15) is 4.79 Å². The van der Waals surface area contributed by atoms with E-state index in [2.05, 4.69) is 29.6 Å². The molecule has 1 N–H and O–H groups in total. The number of rotatable bonds is 5. The van der Waals surface area contributed by atoms with E-state index in [4.69, 9.17) is 0 Å². The number of thioether (sulfide) groups is 1. The molecule has 0 aliphatic carbocycles. The van der Waals surface area contributed by atoms with Gasteiger partial charge in [-0.25, -0.2) is 0 Å². The molecule has 0 bridgehead atoms. The number of nitrogens with one attached hydrogen (secondary N) is 1. The molecule has 0 aromatic heterocycles. The fourth-order valence-corrected chi connectivity index (χ4v) is 2.06. The Labute approximate surface area is 101 Å². The van der Waals surface area contributed by atoms with Gasteiger partial charge in [-0.3, -0.25) is 4.79 Å². The van der Waals surface area contributed by atoms with Gasteiger partial charge in [-0.2, -0.15) is 0 Å². The third-order valence-corrected chi connectivity index (χ3v) is 3.16. The van der Waals surface area contributed by atoms with Gasteiger partial charge in [0.2, 0.25) is 5.91 Å². The van der Waals surface area contributed by atoms with Gasteiger partial charge < -0.3 is 10.2 Å². The lowest BCUT2D eigenvalue weighted by molar-refractivity contribution is -0.125. The van der Waals surface area contributed by atoms with E-state index in [1.54, 1.807) is 30.8 Å².